The van der Waals surface area contributed by atoms with Gasteiger partial charge in [-0.2, -0.15) is 13.2 Å². The maximum Gasteiger partial charge on any atom is 0.416 e. The van der Waals surface area contributed by atoms with E-state index in [-0.39, 0.29) is 0 Å². The van der Waals surface area contributed by atoms with E-state index in [9.17, 15) is 13.2 Å². The van der Waals surface area contributed by atoms with Gasteiger partial charge in [0.05, 0.1) is 5.56 Å². The van der Waals surface area contributed by atoms with Crippen LogP contribution in [-0.4, -0.2) is 0 Å². The van der Waals surface area contributed by atoms with Gasteiger partial charge in [0.2, 0.25) is 0 Å². The first-order valence-corrected chi connectivity index (χ1v) is 7.68. The summed E-state index contributed by atoms with van der Waals surface area (Å²) < 4.78 is 38.3. The maximum absolute atomic E-state index is 12.8. The number of aryl methyl sites for hydroxylation is 1. The Balaban J connectivity index is 1.96. The van der Waals surface area contributed by atoms with Crippen LogP contribution in [0.3, 0.4) is 0 Å². The molecule has 0 aliphatic rings. The summed E-state index contributed by atoms with van der Waals surface area (Å²) in [4.78, 5) is 0. The lowest BCUT2D eigenvalue weighted by molar-refractivity contribution is -0.137. The molecule has 0 unspecified atom stereocenters. The lowest BCUT2D eigenvalue weighted by Crippen LogP contribution is -2.04. The topological polar surface area (TPSA) is 0 Å². The number of alkyl halides is 3. The van der Waals surface area contributed by atoms with Crippen molar-refractivity contribution < 1.29 is 13.2 Å². The van der Waals surface area contributed by atoms with Gasteiger partial charge in [-0.05, 0) is 52.1 Å². The lowest BCUT2D eigenvalue weighted by atomic mass is 9.98. The Hall–Kier alpha value is -2.29. The molecular weight excluding hydrogens is 297 g/mol. The Bertz CT molecular complexity index is 814. The molecule has 0 bridgehead atoms. The summed E-state index contributed by atoms with van der Waals surface area (Å²) in [6.07, 6.45) is -2.14. The Kier molecular flexibility index (Phi) is 4.12. The molecule has 0 aliphatic carbocycles. The molecule has 0 aliphatic heterocycles. The van der Waals surface area contributed by atoms with Crippen LogP contribution < -0.4 is 0 Å². The van der Waals surface area contributed by atoms with Crippen LogP contribution in [0.4, 0.5) is 13.2 Å². The van der Waals surface area contributed by atoms with Crippen molar-refractivity contribution in [3.63, 3.8) is 0 Å². The van der Waals surface area contributed by atoms with E-state index in [1.54, 1.807) is 6.07 Å². The molecule has 3 rings (SSSR count). The Morgan fingerprint density at radius 1 is 0.739 bits per heavy atom. The summed E-state index contributed by atoms with van der Waals surface area (Å²) in [5.74, 6) is 0. The highest BCUT2D eigenvalue weighted by atomic mass is 19.4. The third-order valence-electron chi connectivity index (χ3n) is 3.99. The van der Waals surface area contributed by atoms with Gasteiger partial charge in [0.15, 0.2) is 0 Å². The van der Waals surface area contributed by atoms with Crippen LogP contribution in [0.25, 0.3) is 21.9 Å². The van der Waals surface area contributed by atoms with Gasteiger partial charge >= 0.3 is 6.18 Å². The van der Waals surface area contributed by atoms with E-state index in [1.807, 2.05) is 12.1 Å². The average molecular weight is 314 g/mol. The van der Waals surface area contributed by atoms with E-state index >= 15 is 0 Å². The second kappa shape index (κ2) is 6.07. The SMILES string of the molecule is CCCc1ccc(-c2ccc3cc(C(F)(F)F)ccc3c2)cc1. The maximum atomic E-state index is 12.8. The highest BCUT2D eigenvalue weighted by Crippen LogP contribution is 2.32. The largest absolute Gasteiger partial charge is 0.416 e. The molecule has 3 heteroatoms. The van der Waals surface area contributed by atoms with Crippen LogP contribution in [-0.2, 0) is 12.6 Å². The van der Waals surface area contributed by atoms with E-state index in [0.29, 0.717) is 5.39 Å². The first-order valence-electron chi connectivity index (χ1n) is 7.68. The Morgan fingerprint density at radius 3 is 2.00 bits per heavy atom. The summed E-state index contributed by atoms with van der Waals surface area (Å²) >= 11 is 0. The molecule has 0 radical (unpaired) electrons. The van der Waals surface area contributed by atoms with Crippen LogP contribution in [0.2, 0.25) is 0 Å². The first kappa shape index (κ1) is 15.6. The summed E-state index contributed by atoms with van der Waals surface area (Å²) in [5.41, 5.74) is 2.78. The van der Waals surface area contributed by atoms with Crippen molar-refractivity contribution in [1.29, 1.82) is 0 Å². The Morgan fingerprint density at radius 2 is 1.35 bits per heavy atom. The molecular formula is C20H17F3. The van der Waals surface area contributed by atoms with Crippen molar-refractivity contribution in [2.75, 3.05) is 0 Å². The fourth-order valence-corrected chi connectivity index (χ4v) is 2.75. The minimum absolute atomic E-state index is 0.603. The second-order valence-electron chi connectivity index (χ2n) is 5.72. The molecule has 0 atom stereocenters. The van der Waals surface area contributed by atoms with Gasteiger partial charge in [0.25, 0.3) is 0 Å². The smallest absolute Gasteiger partial charge is 0.166 e. The summed E-state index contributed by atoms with van der Waals surface area (Å²) in [5, 5.41) is 1.42. The van der Waals surface area contributed by atoms with Gasteiger partial charge in [0.1, 0.15) is 0 Å². The molecule has 3 aromatic carbocycles. The molecule has 0 spiro atoms. The van der Waals surface area contributed by atoms with E-state index in [2.05, 4.69) is 31.2 Å². The quantitative estimate of drug-likeness (QED) is 0.519. The van der Waals surface area contributed by atoms with Gasteiger partial charge in [-0.25, -0.2) is 0 Å². The fourth-order valence-electron chi connectivity index (χ4n) is 2.75. The molecule has 23 heavy (non-hydrogen) atoms. The molecule has 0 heterocycles. The summed E-state index contributed by atoms with van der Waals surface area (Å²) in [6, 6.07) is 17.8. The lowest BCUT2D eigenvalue weighted by Gasteiger charge is -2.09. The van der Waals surface area contributed by atoms with Crippen molar-refractivity contribution >= 4 is 10.8 Å². The Labute approximate surface area is 133 Å². The van der Waals surface area contributed by atoms with Crippen molar-refractivity contribution in [2.45, 2.75) is 25.9 Å². The number of rotatable bonds is 3. The van der Waals surface area contributed by atoms with E-state index in [4.69, 9.17) is 0 Å². The predicted molar refractivity (Wildman–Crippen MR) is 88.4 cm³/mol. The molecule has 0 amide bonds. The van der Waals surface area contributed by atoms with Crippen LogP contribution >= 0.6 is 0 Å². The van der Waals surface area contributed by atoms with Gasteiger partial charge < -0.3 is 0 Å². The summed E-state index contributed by atoms with van der Waals surface area (Å²) in [6.45, 7) is 2.15. The van der Waals surface area contributed by atoms with Crippen molar-refractivity contribution in [2.24, 2.45) is 0 Å². The predicted octanol–water partition coefficient (Wildman–Crippen LogP) is 6.48. The number of halogens is 3. The van der Waals surface area contributed by atoms with E-state index in [1.165, 1.54) is 17.7 Å². The van der Waals surface area contributed by atoms with Crippen molar-refractivity contribution in [3.05, 3.63) is 71.8 Å². The molecule has 0 N–H and O–H groups in total. The van der Waals surface area contributed by atoms with Gasteiger partial charge in [-0.1, -0.05) is 55.8 Å². The fraction of sp³-hybridized carbons (Fsp3) is 0.200. The zero-order valence-electron chi connectivity index (χ0n) is 12.8. The average Bonchev–Trinajstić information content (AvgIpc) is 2.54. The van der Waals surface area contributed by atoms with E-state index < -0.39 is 11.7 Å². The van der Waals surface area contributed by atoms with Gasteiger partial charge in [-0.3, -0.25) is 0 Å². The van der Waals surface area contributed by atoms with Crippen LogP contribution in [0.1, 0.15) is 24.5 Å². The normalized spacial score (nSPS) is 11.8. The van der Waals surface area contributed by atoms with E-state index in [0.717, 1.165) is 35.4 Å². The molecule has 0 saturated carbocycles. The van der Waals surface area contributed by atoms with Gasteiger partial charge in [0, 0.05) is 0 Å². The molecule has 0 aromatic heterocycles. The molecule has 3 aromatic rings. The number of fused-ring (bicyclic) bond motifs is 1. The van der Waals surface area contributed by atoms with Crippen LogP contribution in [0, 0.1) is 0 Å². The van der Waals surface area contributed by atoms with Gasteiger partial charge in [-0.15, -0.1) is 0 Å². The minimum atomic E-state index is -4.30. The molecule has 0 fully saturated rings. The number of hydrogen-bond acceptors (Lipinski definition) is 0. The highest BCUT2D eigenvalue weighted by Gasteiger charge is 2.30. The molecule has 0 saturated heterocycles. The first-order chi connectivity index (χ1) is 11.0. The standard InChI is InChI=1S/C20H17F3/c1-2-3-14-4-6-15(7-5-14)16-8-9-18-13-19(20(21,22)23)11-10-17(18)12-16/h4-13H,2-3H2,1H3. The molecule has 0 nitrogen and oxygen atoms in total. The molecule has 118 valence electrons. The van der Waals surface area contributed by atoms with Crippen LogP contribution in [0.5, 0.6) is 0 Å². The number of hydrogen-bond donors (Lipinski definition) is 0. The zero-order chi connectivity index (χ0) is 16.4. The van der Waals surface area contributed by atoms with Crippen molar-refractivity contribution in [1.82, 2.24) is 0 Å². The third kappa shape index (κ3) is 3.39. The van der Waals surface area contributed by atoms with Crippen molar-refractivity contribution in [3.8, 4) is 11.1 Å². The monoisotopic (exact) mass is 314 g/mol. The second-order valence-corrected chi connectivity index (χ2v) is 5.72. The highest BCUT2D eigenvalue weighted by molar-refractivity contribution is 5.88. The third-order valence-corrected chi connectivity index (χ3v) is 3.99. The number of benzene rings is 3. The van der Waals surface area contributed by atoms with Crippen LogP contribution in [0.15, 0.2) is 60.7 Å². The zero-order valence-corrected chi connectivity index (χ0v) is 12.8. The minimum Gasteiger partial charge on any atom is -0.166 e. The summed E-state index contributed by atoms with van der Waals surface area (Å²) in [7, 11) is 0.